The van der Waals surface area contributed by atoms with E-state index in [0.29, 0.717) is 18.0 Å². The van der Waals surface area contributed by atoms with Crippen molar-refractivity contribution in [2.75, 3.05) is 6.54 Å². The summed E-state index contributed by atoms with van der Waals surface area (Å²) in [6.07, 6.45) is 1.82. The van der Waals surface area contributed by atoms with Gasteiger partial charge in [-0.1, -0.05) is 41.4 Å². The van der Waals surface area contributed by atoms with Crippen molar-refractivity contribution in [2.24, 2.45) is 11.7 Å². The molecule has 2 N–H and O–H groups in total. The minimum Gasteiger partial charge on any atom is -0.327 e. The maximum absolute atomic E-state index is 13.4. The van der Waals surface area contributed by atoms with Crippen LogP contribution in [0, 0.1) is 11.7 Å². The first kappa shape index (κ1) is 12.4. The maximum atomic E-state index is 13.4. The summed E-state index contributed by atoms with van der Waals surface area (Å²) >= 11 is 3.32. The van der Waals surface area contributed by atoms with E-state index in [2.05, 4.69) is 29.8 Å². The van der Waals surface area contributed by atoms with E-state index in [1.54, 1.807) is 12.1 Å². The Bertz CT molecular complexity index is 372. The van der Waals surface area contributed by atoms with E-state index in [1.165, 1.54) is 6.07 Å². The minimum atomic E-state index is -0.218. The Morgan fingerprint density at radius 2 is 2.20 bits per heavy atom. The Morgan fingerprint density at radius 1 is 1.53 bits per heavy atom. The van der Waals surface area contributed by atoms with Crippen LogP contribution in [0.25, 0.3) is 6.08 Å². The van der Waals surface area contributed by atoms with E-state index < -0.39 is 0 Å². The van der Waals surface area contributed by atoms with Gasteiger partial charge in [0, 0.05) is 16.6 Å². The lowest BCUT2D eigenvalue weighted by atomic mass is 10.0. The van der Waals surface area contributed by atoms with Gasteiger partial charge in [0.05, 0.1) is 0 Å². The summed E-state index contributed by atoms with van der Waals surface area (Å²) in [6, 6.07) is 4.89. The minimum absolute atomic E-state index is 0.218. The van der Waals surface area contributed by atoms with Gasteiger partial charge in [0.2, 0.25) is 0 Å². The van der Waals surface area contributed by atoms with E-state index in [-0.39, 0.29) is 5.82 Å². The monoisotopic (exact) mass is 271 g/mol. The third-order valence-corrected chi connectivity index (χ3v) is 2.77. The molecule has 0 aromatic heterocycles. The van der Waals surface area contributed by atoms with E-state index in [1.807, 2.05) is 6.08 Å². The quantitative estimate of drug-likeness (QED) is 0.894. The van der Waals surface area contributed by atoms with E-state index in [0.717, 1.165) is 10.0 Å². The molecule has 0 fully saturated rings. The highest BCUT2D eigenvalue weighted by molar-refractivity contribution is 9.10. The summed E-state index contributed by atoms with van der Waals surface area (Å²) < 4.78 is 14.3. The van der Waals surface area contributed by atoms with Crippen LogP contribution in [-0.2, 0) is 0 Å². The van der Waals surface area contributed by atoms with Crippen LogP contribution in [0.3, 0.4) is 0 Å². The number of rotatable bonds is 3. The van der Waals surface area contributed by atoms with Crippen molar-refractivity contribution < 1.29 is 4.39 Å². The van der Waals surface area contributed by atoms with Crippen molar-refractivity contribution in [1.82, 2.24) is 0 Å². The second-order valence-corrected chi connectivity index (χ2v) is 4.66. The average Bonchev–Trinajstić information content (AvgIpc) is 2.18. The molecule has 0 aliphatic carbocycles. The predicted molar refractivity (Wildman–Crippen MR) is 66.0 cm³/mol. The van der Waals surface area contributed by atoms with Gasteiger partial charge >= 0.3 is 0 Å². The Kier molecular flexibility index (Phi) is 4.48. The van der Waals surface area contributed by atoms with Crippen molar-refractivity contribution in [2.45, 2.75) is 13.8 Å². The third-order valence-electron chi connectivity index (χ3n) is 2.28. The molecule has 0 radical (unpaired) electrons. The van der Waals surface area contributed by atoms with E-state index >= 15 is 0 Å². The summed E-state index contributed by atoms with van der Waals surface area (Å²) in [4.78, 5) is 0. The first-order chi connectivity index (χ1) is 7.04. The molecular weight excluding hydrogens is 257 g/mol. The maximum Gasteiger partial charge on any atom is 0.130 e. The lowest BCUT2D eigenvalue weighted by molar-refractivity contribution is 0.624. The molecule has 0 aliphatic rings. The molecule has 15 heavy (non-hydrogen) atoms. The van der Waals surface area contributed by atoms with Crippen LogP contribution in [0.4, 0.5) is 4.39 Å². The van der Waals surface area contributed by atoms with Gasteiger partial charge in [-0.25, -0.2) is 4.39 Å². The molecule has 0 spiro atoms. The van der Waals surface area contributed by atoms with Crippen LogP contribution in [0.5, 0.6) is 0 Å². The normalized spacial score (nSPS) is 12.3. The van der Waals surface area contributed by atoms with Crippen LogP contribution in [0.2, 0.25) is 0 Å². The molecule has 1 rings (SSSR count). The molecule has 82 valence electrons. The average molecular weight is 272 g/mol. The number of hydrogen-bond acceptors (Lipinski definition) is 1. The van der Waals surface area contributed by atoms with Gasteiger partial charge < -0.3 is 5.73 Å². The van der Waals surface area contributed by atoms with E-state index in [4.69, 9.17) is 5.73 Å². The van der Waals surface area contributed by atoms with Crippen LogP contribution < -0.4 is 5.73 Å². The molecule has 1 aromatic carbocycles. The summed E-state index contributed by atoms with van der Waals surface area (Å²) in [7, 11) is 0. The number of hydrogen-bond donors (Lipinski definition) is 1. The van der Waals surface area contributed by atoms with Crippen molar-refractivity contribution in [3.8, 4) is 0 Å². The molecular formula is C12H15BrFN. The first-order valence-electron chi connectivity index (χ1n) is 4.90. The molecule has 1 aromatic rings. The smallest absolute Gasteiger partial charge is 0.130 e. The lowest BCUT2D eigenvalue weighted by Crippen LogP contribution is -2.08. The Morgan fingerprint density at radius 3 is 2.73 bits per heavy atom. The first-order valence-corrected chi connectivity index (χ1v) is 5.69. The summed E-state index contributed by atoms with van der Waals surface area (Å²) in [5, 5.41) is 0. The second-order valence-electron chi connectivity index (χ2n) is 3.74. The molecule has 1 nitrogen and oxygen atoms in total. The molecule has 0 heterocycles. The van der Waals surface area contributed by atoms with Gasteiger partial charge in [-0.05, 0) is 24.1 Å². The van der Waals surface area contributed by atoms with E-state index in [9.17, 15) is 4.39 Å². The largest absolute Gasteiger partial charge is 0.327 e. The van der Waals surface area contributed by atoms with Gasteiger partial charge in [-0.3, -0.25) is 0 Å². The zero-order valence-electron chi connectivity index (χ0n) is 8.93. The Hall–Kier alpha value is -0.670. The lowest BCUT2D eigenvalue weighted by Gasteiger charge is -2.09. The standard InChI is InChI=1S/C12H15BrFN/c1-8(2)10(7-15)5-9-6-11(13)3-4-12(9)14/h3-6,8H,7,15H2,1-2H3. The summed E-state index contributed by atoms with van der Waals surface area (Å²) in [6.45, 7) is 4.56. The Labute approximate surface area is 98.3 Å². The van der Waals surface area contributed by atoms with Crippen LogP contribution in [0.1, 0.15) is 19.4 Å². The van der Waals surface area contributed by atoms with Crippen molar-refractivity contribution in [1.29, 1.82) is 0 Å². The van der Waals surface area contributed by atoms with Gasteiger partial charge in [-0.15, -0.1) is 0 Å². The number of halogens is 2. The van der Waals surface area contributed by atoms with Crippen molar-refractivity contribution >= 4 is 22.0 Å². The highest BCUT2D eigenvalue weighted by Crippen LogP contribution is 2.20. The fraction of sp³-hybridized carbons (Fsp3) is 0.333. The zero-order valence-corrected chi connectivity index (χ0v) is 10.5. The van der Waals surface area contributed by atoms with Crippen molar-refractivity contribution in [3.05, 3.63) is 39.6 Å². The van der Waals surface area contributed by atoms with Crippen LogP contribution in [0.15, 0.2) is 28.2 Å². The highest BCUT2D eigenvalue weighted by Gasteiger charge is 2.04. The van der Waals surface area contributed by atoms with Gasteiger partial charge in [0.25, 0.3) is 0 Å². The van der Waals surface area contributed by atoms with Crippen molar-refractivity contribution in [3.63, 3.8) is 0 Å². The molecule has 0 unspecified atom stereocenters. The van der Waals surface area contributed by atoms with Crippen LogP contribution in [-0.4, -0.2) is 6.54 Å². The number of nitrogens with two attached hydrogens (primary N) is 1. The van der Waals surface area contributed by atoms with Gasteiger partial charge in [0.15, 0.2) is 0 Å². The molecule has 0 saturated heterocycles. The molecule has 3 heteroatoms. The highest BCUT2D eigenvalue weighted by atomic mass is 79.9. The molecule has 0 bridgehead atoms. The number of benzene rings is 1. The summed E-state index contributed by atoms with van der Waals surface area (Å²) in [5.41, 5.74) is 7.24. The molecule has 0 atom stereocenters. The van der Waals surface area contributed by atoms with Gasteiger partial charge in [0.1, 0.15) is 5.82 Å². The fourth-order valence-corrected chi connectivity index (χ4v) is 1.67. The second kappa shape index (κ2) is 5.42. The fourth-order valence-electron chi connectivity index (χ4n) is 1.29. The summed E-state index contributed by atoms with van der Waals surface area (Å²) in [5.74, 6) is 0.123. The molecule has 0 amide bonds. The Balaban J connectivity index is 3.10. The topological polar surface area (TPSA) is 26.0 Å². The van der Waals surface area contributed by atoms with Gasteiger partial charge in [-0.2, -0.15) is 0 Å². The predicted octanol–water partition coefficient (Wildman–Crippen LogP) is 3.59. The molecule has 0 aliphatic heterocycles. The SMILES string of the molecule is CC(C)C(=Cc1cc(Br)ccc1F)CN. The molecule has 0 saturated carbocycles. The third kappa shape index (κ3) is 3.43. The van der Waals surface area contributed by atoms with Crippen LogP contribution >= 0.6 is 15.9 Å². The zero-order chi connectivity index (χ0) is 11.4.